The number of hydrogen-bond acceptors (Lipinski definition) is 8. The van der Waals surface area contributed by atoms with E-state index in [-0.39, 0.29) is 24.6 Å². The van der Waals surface area contributed by atoms with Gasteiger partial charge in [0.25, 0.3) is 0 Å². The summed E-state index contributed by atoms with van der Waals surface area (Å²) in [5, 5.41) is 0. The number of carbonyl (C=O) groups excluding carboxylic acids is 2. The van der Waals surface area contributed by atoms with Crippen molar-refractivity contribution in [3.63, 3.8) is 0 Å². The van der Waals surface area contributed by atoms with E-state index in [0.29, 0.717) is 16.7 Å². The summed E-state index contributed by atoms with van der Waals surface area (Å²) in [5.74, 6) is -1.43. The minimum absolute atomic E-state index is 0.00484. The molecular weight excluding hydrogens is 370 g/mol. The number of aromatic nitrogens is 2. The molecule has 0 saturated carbocycles. The van der Waals surface area contributed by atoms with Crippen LogP contribution in [0.1, 0.15) is 0 Å². The fraction of sp³-hybridized carbons (Fsp3) is 0.333. The van der Waals surface area contributed by atoms with E-state index >= 15 is 0 Å². The Morgan fingerprint density at radius 3 is 2.18 bits per heavy atom. The summed E-state index contributed by atoms with van der Waals surface area (Å²) in [6.07, 6.45) is 0. The fourth-order valence-corrected chi connectivity index (χ4v) is 3.09. The van der Waals surface area contributed by atoms with E-state index in [1.54, 1.807) is 18.2 Å². The highest BCUT2D eigenvalue weighted by Gasteiger charge is 2.32. The number of hydrogen-bond donors (Lipinski definition) is 0. The molecule has 0 unspecified atom stereocenters. The van der Waals surface area contributed by atoms with Gasteiger partial charge in [0.15, 0.2) is 0 Å². The van der Waals surface area contributed by atoms with Crippen LogP contribution in [0.25, 0.3) is 11.0 Å². The Balaban J connectivity index is 2.25. The van der Waals surface area contributed by atoms with Crippen LogP contribution in [0.5, 0.6) is 0 Å². The third kappa shape index (κ3) is 2.97. The molecule has 10 nitrogen and oxygen atoms in total. The van der Waals surface area contributed by atoms with Crippen molar-refractivity contribution in [2.45, 2.75) is 0 Å². The molecule has 0 radical (unpaired) electrons. The molecule has 0 atom stereocenters. The molecule has 2 heterocycles. The number of nitrogens with zero attached hydrogens (tertiary/aromatic N) is 3. The summed E-state index contributed by atoms with van der Waals surface area (Å²) in [6.45, 7) is -0.121. The van der Waals surface area contributed by atoms with Crippen molar-refractivity contribution in [1.29, 1.82) is 0 Å². The van der Waals surface area contributed by atoms with Crippen molar-refractivity contribution in [3.8, 4) is 0 Å². The van der Waals surface area contributed by atoms with Gasteiger partial charge in [0.2, 0.25) is 0 Å². The third-order valence-corrected chi connectivity index (χ3v) is 4.62. The summed E-state index contributed by atoms with van der Waals surface area (Å²) in [5.41, 5.74) is 0.172. The average Bonchev–Trinajstić information content (AvgIpc) is 2.74. The van der Waals surface area contributed by atoms with Crippen LogP contribution in [-0.4, -0.2) is 48.6 Å². The van der Waals surface area contributed by atoms with E-state index in [9.17, 15) is 19.2 Å². The van der Waals surface area contributed by atoms with E-state index < -0.39 is 23.1 Å². The molecule has 10 heteroatoms. The second-order valence-corrected chi connectivity index (χ2v) is 6.12. The van der Waals surface area contributed by atoms with Gasteiger partial charge in [-0.05, 0) is 18.2 Å². The number of methoxy groups -OCH3 is 2. The van der Waals surface area contributed by atoms with Gasteiger partial charge in [-0.25, -0.2) is 9.59 Å². The molecule has 0 amide bonds. The van der Waals surface area contributed by atoms with E-state index in [1.807, 2.05) is 0 Å². The minimum atomic E-state index is -0.724. The zero-order chi connectivity index (χ0) is 20.6. The molecule has 0 saturated heterocycles. The number of benzene rings is 1. The SMILES string of the molecule is COC(=O)C1=C(C(=O)OC)N(c2ccc3c(c2)n(C)c(=O)c(=O)n3C)COC1. The first-order valence-corrected chi connectivity index (χ1v) is 8.26. The van der Waals surface area contributed by atoms with Crippen LogP contribution in [0.3, 0.4) is 0 Å². The first kappa shape index (κ1) is 19.4. The average molecular weight is 389 g/mol. The lowest BCUT2D eigenvalue weighted by atomic mass is 10.1. The number of esters is 2. The number of fused-ring (bicyclic) bond motifs is 1. The number of ether oxygens (including phenoxy) is 3. The predicted octanol–water partition coefficient (Wildman–Crippen LogP) is -0.369. The molecule has 0 bridgehead atoms. The Kier molecular flexibility index (Phi) is 5.06. The van der Waals surface area contributed by atoms with Crippen molar-refractivity contribution >= 4 is 28.7 Å². The molecule has 1 aromatic heterocycles. The lowest BCUT2D eigenvalue weighted by Gasteiger charge is -2.31. The molecule has 148 valence electrons. The van der Waals surface area contributed by atoms with Crippen LogP contribution in [0.2, 0.25) is 0 Å². The molecule has 0 aliphatic carbocycles. The molecule has 3 rings (SSSR count). The molecule has 1 aromatic carbocycles. The third-order valence-electron chi connectivity index (χ3n) is 4.62. The quantitative estimate of drug-likeness (QED) is 0.517. The van der Waals surface area contributed by atoms with Crippen molar-refractivity contribution < 1.29 is 23.8 Å². The number of carbonyl (C=O) groups is 2. The molecule has 1 aliphatic rings. The summed E-state index contributed by atoms with van der Waals surface area (Å²) in [6, 6.07) is 4.92. The van der Waals surface area contributed by atoms with Crippen molar-refractivity contribution in [2.75, 3.05) is 32.5 Å². The Morgan fingerprint density at radius 1 is 0.964 bits per heavy atom. The van der Waals surface area contributed by atoms with Crippen LogP contribution in [-0.2, 0) is 37.9 Å². The standard InChI is InChI=1S/C18H19N3O7/c1-19-12-6-5-10(7-13(12)20(2)16(23)15(19)22)21-9-28-8-11(17(24)26-3)14(21)18(25)27-4/h5-7H,8-9H2,1-4H3. The second kappa shape index (κ2) is 7.31. The van der Waals surface area contributed by atoms with Crippen LogP contribution in [0.4, 0.5) is 5.69 Å². The van der Waals surface area contributed by atoms with Gasteiger partial charge in [0.05, 0.1) is 37.4 Å². The molecule has 0 fully saturated rings. The summed E-state index contributed by atoms with van der Waals surface area (Å²) in [4.78, 5) is 50.1. The van der Waals surface area contributed by atoms with E-state index in [0.717, 1.165) is 0 Å². The lowest BCUT2D eigenvalue weighted by Crippen LogP contribution is -2.40. The van der Waals surface area contributed by atoms with Crippen molar-refractivity contribution in [1.82, 2.24) is 9.13 Å². The Labute approximate surface area is 159 Å². The molecule has 28 heavy (non-hydrogen) atoms. The van der Waals surface area contributed by atoms with Gasteiger partial charge in [0.1, 0.15) is 12.4 Å². The molecule has 0 N–H and O–H groups in total. The zero-order valence-electron chi connectivity index (χ0n) is 15.8. The smallest absolute Gasteiger partial charge is 0.355 e. The van der Waals surface area contributed by atoms with Crippen LogP contribution in [0.15, 0.2) is 39.1 Å². The normalized spacial score (nSPS) is 14.4. The largest absolute Gasteiger partial charge is 0.466 e. The van der Waals surface area contributed by atoms with Crippen molar-refractivity contribution in [2.24, 2.45) is 14.1 Å². The van der Waals surface area contributed by atoms with E-state index in [1.165, 1.54) is 42.3 Å². The highest BCUT2D eigenvalue weighted by atomic mass is 16.5. The van der Waals surface area contributed by atoms with Gasteiger partial charge in [-0.2, -0.15) is 0 Å². The molecule has 0 spiro atoms. The molecule has 2 aromatic rings. The number of rotatable bonds is 3. The van der Waals surface area contributed by atoms with Crippen LogP contribution < -0.4 is 16.0 Å². The van der Waals surface area contributed by atoms with Gasteiger partial charge < -0.3 is 28.2 Å². The maximum atomic E-state index is 12.4. The fourth-order valence-electron chi connectivity index (χ4n) is 3.09. The highest BCUT2D eigenvalue weighted by Crippen LogP contribution is 2.28. The van der Waals surface area contributed by atoms with E-state index in [4.69, 9.17) is 14.2 Å². The zero-order valence-corrected chi connectivity index (χ0v) is 15.8. The maximum Gasteiger partial charge on any atom is 0.355 e. The number of anilines is 1. The Bertz CT molecular complexity index is 1130. The lowest BCUT2D eigenvalue weighted by molar-refractivity contribution is -0.140. The topological polar surface area (TPSA) is 109 Å². The molecular formula is C18H19N3O7. The van der Waals surface area contributed by atoms with Gasteiger partial charge in [-0.3, -0.25) is 9.59 Å². The van der Waals surface area contributed by atoms with Crippen molar-refractivity contribution in [3.05, 3.63) is 50.2 Å². The Morgan fingerprint density at radius 2 is 1.57 bits per heavy atom. The second-order valence-electron chi connectivity index (χ2n) is 6.12. The first-order chi connectivity index (χ1) is 13.3. The summed E-state index contributed by atoms with van der Waals surface area (Å²) >= 11 is 0. The number of aryl methyl sites for hydroxylation is 2. The van der Waals surface area contributed by atoms with Crippen LogP contribution in [0, 0.1) is 0 Å². The van der Waals surface area contributed by atoms with Gasteiger partial charge in [0, 0.05) is 19.8 Å². The van der Waals surface area contributed by atoms with Gasteiger partial charge in [-0.1, -0.05) is 0 Å². The predicted molar refractivity (Wildman–Crippen MR) is 98.8 cm³/mol. The first-order valence-electron chi connectivity index (χ1n) is 8.26. The van der Waals surface area contributed by atoms with Crippen LogP contribution >= 0.6 is 0 Å². The monoisotopic (exact) mass is 389 g/mol. The maximum absolute atomic E-state index is 12.4. The Hall–Kier alpha value is -3.40. The molecule has 1 aliphatic heterocycles. The minimum Gasteiger partial charge on any atom is -0.466 e. The van der Waals surface area contributed by atoms with E-state index in [2.05, 4.69) is 0 Å². The summed E-state index contributed by atoms with van der Waals surface area (Å²) < 4.78 is 17.5. The summed E-state index contributed by atoms with van der Waals surface area (Å²) in [7, 11) is 5.40. The van der Waals surface area contributed by atoms with Gasteiger partial charge >= 0.3 is 23.1 Å². The van der Waals surface area contributed by atoms with Gasteiger partial charge in [-0.15, -0.1) is 0 Å². The highest BCUT2D eigenvalue weighted by molar-refractivity contribution is 6.03.